The van der Waals surface area contributed by atoms with Crippen molar-refractivity contribution in [1.82, 2.24) is 4.98 Å². The maximum absolute atomic E-state index is 12.9. The first-order valence-electron chi connectivity index (χ1n) is 7.87. The molecule has 6 heteroatoms. The molecule has 0 aliphatic carbocycles. The lowest BCUT2D eigenvalue weighted by molar-refractivity contribution is -0.115. The van der Waals surface area contributed by atoms with Crippen molar-refractivity contribution in [3.63, 3.8) is 0 Å². The third-order valence-electron chi connectivity index (χ3n) is 3.44. The minimum atomic E-state index is -0.338. The van der Waals surface area contributed by atoms with Crippen LogP contribution < -0.4 is 10.1 Å². The largest absolute Gasteiger partial charge is 0.493 e. The summed E-state index contributed by atoms with van der Waals surface area (Å²) in [4.78, 5) is 16.7. The van der Waals surface area contributed by atoms with Crippen LogP contribution in [0.4, 0.5) is 10.1 Å². The van der Waals surface area contributed by atoms with Crippen molar-refractivity contribution in [3.05, 3.63) is 65.4 Å². The smallest absolute Gasteiger partial charge is 0.230 e. The summed E-state index contributed by atoms with van der Waals surface area (Å²) in [5, 5.41) is 5.41. The van der Waals surface area contributed by atoms with E-state index in [4.69, 9.17) is 4.74 Å². The number of thiazole rings is 1. The van der Waals surface area contributed by atoms with Gasteiger partial charge in [0, 0.05) is 11.1 Å². The van der Waals surface area contributed by atoms with Crippen LogP contribution in [0.25, 0.3) is 10.6 Å². The average Bonchev–Trinajstić information content (AvgIpc) is 3.06. The molecule has 2 aromatic carbocycles. The van der Waals surface area contributed by atoms with Gasteiger partial charge in [-0.25, -0.2) is 9.37 Å². The quantitative estimate of drug-likeness (QED) is 0.706. The standard InChI is InChI=1S/C19H17FN2O2S/c1-2-24-17-6-4-3-5-16(17)19-22-15(12-25-19)11-18(23)21-14-9-7-13(20)8-10-14/h3-10,12H,2,11H2,1H3,(H,21,23). The van der Waals surface area contributed by atoms with Crippen LogP contribution in [-0.4, -0.2) is 17.5 Å². The zero-order chi connectivity index (χ0) is 17.6. The van der Waals surface area contributed by atoms with E-state index in [0.717, 1.165) is 16.3 Å². The van der Waals surface area contributed by atoms with Crippen LogP contribution in [0.3, 0.4) is 0 Å². The minimum Gasteiger partial charge on any atom is -0.493 e. The van der Waals surface area contributed by atoms with E-state index in [1.54, 1.807) is 0 Å². The molecule has 0 aliphatic rings. The molecule has 0 unspecified atom stereocenters. The number of nitrogens with zero attached hydrogens (tertiary/aromatic N) is 1. The molecule has 0 fully saturated rings. The van der Waals surface area contributed by atoms with E-state index in [0.29, 0.717) is 18.0 Å². The fraction of sp³-hybridized carbons (Fsp3) is 0.158. The maximum Gasteiger partial charge on any atom is 0.230 e. The number of halogens is 1. The zero-order valence-corrected chi connectivity index (χ0v) is 14.5. The minimum absolute atomic E-state index is 0.157. The lowest BCUT2D eigenvalue weighted by Gasteiger charge is -2.07. The first-order chi connectivity index (χ1) is 12.2. The Hall–Kier alpha value is -2.73. The first kappa shape index (κ1) is 17.1. The number of benzene rings is 2. The van der Waals surface area contributed by atoms with Gasteiger partial charge in [-0.05, 0) is 43.3 Å². The molecule has 1 amide bonds. The lowest BCUT2D eigenvalue weighted by atomic mass is 10.2. The van der Waals surface area contributed by atoms with Crippen molar-refractivity contribution in [2.24, 2.45) is 0 Å². The molecule has 0 bridgehead atoms. The van der Waals surface area contributed by atoms with Gasteiger partial charge in [0.1, 0.15) is 16.6 Å². The number of carbonyl (C=O) groups excluding carboxylic acids is 1. The number of para-hydroxylation sites is 1. The Labute approximate surface area is 149 Å². The molecule has 3 rings (SSSR count). The van der Waals surface area contributed by atoms with Crippen molar-refractivity contribution in [2.45, 2.75) is 13.3 Å². The average molecular weight is 356 g/mol. The third-order valence-corrected chi connectivity index (χ3v) is 4.36. The van der Waals surface area contributed by atoms with E-state index >= 15 is 0 Å². The van der Waals surface area contributed by atoms with Crippen molar-refractivity contribution >= 4 is 22.9 Å². The second kappa shape index (κ2) is 7.90. The summed E-state index contributed by atoms with van der Waals surface area (Å²) in [5.74, 6) is 0.248. The van der Waals surface area contributed by atoms with Crippen LogP contribution in [0.2, 0.25) is 0 Å². The van der Waals surface area contributed by atoms with Gasteiger partial charge < -0.3 is 10.1 Å². The Bertz CT molecular complexity index is 862. The number of rotatable bonds is 6. The number of carbonyl (C=O) groups is 1. The third kappa shape index (κ3) is 4.42. The molecule has 4 nitrogen and oxygen atoms in total. The number of aromatic nitrogens is 1. The van der Waals surface area contributed by atoms with E-state index in [-0.39, 0.29) is 18.1 Å². The van der Waals surface area contributed by atoms with Crippen molar-refractivity contribution in [1.29, 1.82) is 0 Å². The van der Waals surface area contributed by atoms with Gasteiger partial charge in [-0.3, -0.25) is 4.79 Å². The highest BCUT2D eigenvalue weighted by molar-refractivity contribution is 7.13. The summed E-state index contributed by atoms with van der Waals surface area (Å²) in [5.41, 5.74) is 2.16. The van der Waals surface area contributed by atoms with Crippen LogP contribution in [0, 0.1) is 5.82 Å². The SMILES string of the molecule is CCOc1ccccc1-c1nc(CC(=O)Nc2ccc(F)cc2)cs1. The van der Waals surface area contributed by atoms with Crippen LogP contribution >= 0.6 is 11.3 Å². The van der Waals surface area contributed by atoms with Crippen molar-refractivity contribution in [2.75, 3.05) is 11.9 Å². The highest BCUT2D eigenvalue weighted by Crippen LogP contribution is 2.32. The van der Waals surface area contributed by atoms with Crippen LogP contribution in [0.1, 0.15) is 12.6 Å². The Morgan fingerprint density at radius 2 is 1.96 bits per heavy atom. The molecule has 3 aromatic rings. The number of amides is 1. The maximum atomic E-state index is 12.9. The van der Waals surface area contributed by atoms with Crippen LogP contribution in [0.5, 0.6) is 5.75 Å². The summed E-state index contributed by atoms with van der Waals surface area (Å²) in [6.45, 7) is 2.51. The fourth-order valence-electron chi connectivity index (χ4n) is 2.34. The van der Waals surface area contributed by atoms with Crippen molar-refractivity contribution < 1.29 is 13.9 Å². The molecular formula is C19H17FN2O2S. The number of hydrogen-bond acceptors (Lipinski definition) is 4. The molecule has 128 valence electrons. The normalized spacial score (nSPS) is 10.5. The molecule has 0 aliphatic heterocycles. The highest BCUT2D eigenvalue weighted by atomic mass is 32.1. The fourth-order valence-corrected chi connectivity index (χ4v) is 3.19. The second-order valence-corrected chi connectivity index (χ2v) is 6.16. The highest BCUT2D eigenvalue weighted by Gasteiger charge is 2.12. The van der Waals surface area contributed by atoms with Gasteiger partial charge in [0.25, 0.3) is 0 Å². The molecule has 1 N–H and O–H groups in total. The van der Waals surface area contributed by atoms with Gasteiger partial charge in [0.15, 0.2) is 0 Å². The molecular weight excluding hydrogens is 339 g/mol. The number of ether oxygens (including phenoxy) is 1. The lowest BCUT2D eigenvalue weighted by Crippen LogP contribution is -2.14. The van der Waals surface area contributed by atoms with E-state index in [2.05, 4.69) is 10.3 Å². The van der Waals surface area contributed by atoms with Gasteiger partial charge in [-0.15, -0.1) is 11.3 Å². The van der Waals surface area contributed by atoms with Crippen LogP contribution in [0.15, 0.2) is 53.9 Å². The van der Waals surface area contributed by atoms with Gasteiger partial charge >= 0.3 is 0 Å². The summed E-state index contributed by atoms with van der Waals surface area (Å²) in [6.07, 6.45) is 0.157. The van der Waals surface area contributed by atoms with Crippen LogP contribution in [-0.2, 0) is 11.2 Å². The molecule has 0 atom stereocenters. The Balaban J connectivity index is 1.69. The summed E-state index contributed by atoms with van der Waals surface area (Å²) >= 11 is 1.47. The first-order valence-corrected chi connectivity index (χ1v) is 8.75. The molecule has 0 saturated heterocycles. The van der Waals surface area contributed by atoms with E-state index in [1.807, 2.05) is 36.6 Å². The molecule has 0 radical (unpaired) electrons. The van der Waals surface area contributed by atoms with Gasteiger partial charge in [-0.2, -0.15) is 0 Å². The molecule has 1 aromatic heterocycles. The van der Waals surface area contributed by atoms with E-state index in [1.165, 1.54) is 35.6 Å². The van der Waals surface area contributed by atoms with E-state index in [9.17, 15) is 9.18 Å². The Morgan fingerprint density at radius 1 is 1.20 bits per heavy atom. The van der Waals surface area contributed by atoms with Crippen molar-refractivity contribution in [3.8, 4) is 16.3 Å². The molecule has 25 heavy (non-hydrogen) atoms. The van der Waals surface area contributed by atoms with Gasteiger partial charge in [-0.1, -0.05) is 12.1 Å². The number of nitrogens with one attached hydrogen (secondary N) is 1. The predicted octanol–water partition coefficient (Wildman–Crippen LogP) is 4.53. The monoisotopic (exact) mass is 356 g/mol. The molecule has 1 heterocycles. The predicted molar refractivity (Wildman–Crippen MR) is 97.5 cm³/mol. The van der Waals surface area contributed by atoms with Gasteiger partial charge in [0.2, 0.25) is 5.91 Å². The summed E-state index contributed by atoms with van der Waals surface area (Å²) in [6, 6.07) is 13.4. The van der Waals surface area contributed by atoms with Gasteiger partial charge in [0.05, 0.1) is 24.3 Å². The Kier molecular flexibility index (Phi) is 5.40. The summed E-state index contributed by atoms with van der Waals surface area (Å²) < 4.78 is 18.5. The number of hydrogen-bond donors (Lipinski definition) is 1. The number of anilines is 1. The Morgan fingerprint density at radius 3 is 2.72 bits per heavy atom. The zero-order valence-electron chi connectivity index (χ0n) is 13.7. The van der Waals surface area contributed by atoms with E-state index < -0.39 is 0 Å². The molecule has 0 spiro atoms. The summed E-state index contributed by atoms with van der Waals surface area (Å²) in [7, 11) is 0. The molecule has 0 saturated carbocycles. The topological polar surface area (TPSA) is 51.2 Å². The second-order valence-electron chi connectivity index (χ2n) is 5.31.